The van der Waals surface area contributed by atoms with Gasteiger partial charge in [-0.05, 0) is 25.7 Å². The van der Waals surface area contributed by atoms with E-state index in [4.69, 9.17) is 5.11 Å². The molecule has 1 saturated carbocycles. The highest BCUT2D eigenvalue weighted by atomic mass is 16.3. The third-order valence-corrected chi connectivity index (χ3v) is 2.64. The highest BCUT2D eigenvalue weighted by Crippen LogP contribution is 2.26. The summed E-state index contributed by atoms with van der Waals surface area (Å²) in [6, 6.07) is 1.45. The molecular formula is C10H15N3O2. The predicted octanol–water partition coefficient (Wildman–Crippen LogP) is 0.261. The molecule has 82 valence electrons. The monoisotopic (exact) mass is 209 g/mol. The molecule has 1 aromatic rings. The highest BCUT2D eigenvalue weighted by molar-refractivity contribution is 5.32. The molecule has 1 fully saturated rings. The number of anilines is 1. The van der Waals surface area contributed by atoms with E-state index in [0.717, 1.165) is 19.4 Å². The quantitative estimate of drug-likeness (QED) is 0.667. The molecule has 5 heteroatoms. The number of hydrogen-bond acceptors (Lipinski definition) is 4. The normalized spacial score (nSPS) is 24.7. The van der Waals surface area contributed by atoms with Crippen LogP contribution in [0.3, 0.4) is 0 Å². The Morgan fingerprint density at radius 2 is 2.40 bits per heavy atom. The minimum atomic E-state index is -0.140. The number of H-pyrrole nitrogens is 1. The number of nitrogens with zero attached hydrogens (tertiary/aromatic N) is 1. The van der Waals surface area contributed by atoms with E-state index >= 15 is 0 Å². The van der Waals surface area contributed by atoms with Gasteiger partial charge >= 0.3 is 0 Å². The summed E-state index contributed by atoms with van der Waals surface area (Å²) in [4.78, 5) is 17.9. The molecule has 5 nitrogen and oxygen atoms in total. The smallest absolute Gasteiger partial charge is 0.252 e. The summed E-state index contributed by atoms with van der Waals surface area (Å²) in [7, 11) is 0. The Hall–Kier alpha value is -1.36. The Morgan fingerprint density at radius 3 is 3.00 bits per heavy atom. The van der Waals surface area contributed by atoms with Crippen LogP contribution in [0.4, 0.5) is 5.82 Å². The molecule has 1 heterocycles. The van der Waals surface area contributed by atoms with Crippen LogP contribution in [0.1, 0.15) is 18.7 Å². The van der Waals surface area contributed by atoms with Crippen LogP contribution >= 0.6 is 0 Å². The van der Waals surface area contributed by atoms with Gasteiger partial charge in [-0.15, -0.1) is 0 Å². The second-order valence-corrected chi connectivity index (χ2v) is 4.09. The van der Waals surface area contributed by atoms with Crippen LogP contribution in [0, 0.1) is 12.8 Å². The van der Waals surface area contributed by atoms with Crippen molar-refractivity contribution in [3.05, 3.63) is 22.2 Å². The zero-order valence-electron chi connectivity index (χ0n) is 8.66. The maximum absolute atomic E-state index is 11.1. The lowest BCUT2D eigenvalue weighted by atomic mass is 9.82. The fraction of sp³-hybridized carbons (Fsp3) is 0.600. The van der Waals surface area contributed by atoms with Crippen LogP contribution in [0.2, 0.25) is 0 Å². The standard InChI is InChI=1S/C10H15N3O2/c1-6-12-9(4-10(15)13-6)11-5-7-2-8(14)3-7/h4,7-8,14H,2-3,5H2,1H3,(H2,11,12,13,15). The van der Waals surface area contributed by atoms with Gasteiger partial charge in [0.15, 0.2) is 0 Å². The number of rotatable bonds is 3. The number of aromatic nitrogens is 2. The first kappa shape index (κ1) is 10.2. The molecule has 1 aliphatic carbocycles. The molecule has 0 amide bonds. The molecule has 0 spiro atoms. The Bertz CT molecular complexity index is 396. The van der Waals surface area contributed by atoms with Crippen LogP contribution < -0.4 is 10.9 Å². The fourth-order valence-electron chi connectivity index (χ4n) is 1.79. The summed E-state index contributed by atoms with van der Waals surface area (Å²) >= 11 is 0. The van der Waals surface area contributed by atoms with Gasteiger partial charge in [0, 0.05) is 12.6 Å². The number of hydrogen-bond donors (Lipinski definition) is 3. The molecule has 0 radical (unpaired) electrons. The number of aliphatic hydroxyl groups excluding tert-OH is 1. The molecule has 0 aliphatic heterocycles. The predicted molar refractivity (Wildman–Crippen MR) is 56.8 cm³/mol. The maximum atomic E-state index is 11.1. The number of nitrogens with one attached hydrogen (secondary N) is 2. The van der Waals surface area contributed by atoms with Gasteiger partial charge in [0.1, 0.15) is 11.6 Å². The van der Waals surface area contributed by atoms with Crippen molar-refractivity contribution in [3.8, 4) is 0 Å². The lowest BCUT2D eigenvalue weighted by Gasteiger charge is -2.31. The summed E-state index contributed by atoms with van der Waals surface area (Å²) in [6.45, 7) is 2.52. The Kier molecular flexibility index (Phi) is 2.73. The van der Waals surface area contributed by atoms with E-state index in [1.165, 1.54) is 6.07 Å². The molecular weight excluding hydrogens is 194 g/mol. The Morgan fingerprint density at radius 1 is 1.67 bits per heavy atom. The van der Waals surface area contributed by atoms with Crippen molar-refractivity contribution < 1.29 is 5.11 Å². The molecule has 3 N–H and O–H groups in total. The molecule has 0 unspecified atom stereocenters. The highest BCUT2D eigenvalue weighted by Gasteiger charge is 2.26. The van der Waals surface area contributed by atoms with Crippen molar-refractivity contribution in [2.45, 2.75) is 25.9 Å². The minimum absolute atomic E-state index is 0.134. The van der Waals surface area contributed by atoms with Gasteiger partial charge in [-0.2, -0.15) is 0 Å². The van der Waals surface area contributed by atoms with E-state index in [-0.39, 0.29) is 11.7 Å². The van der Waals surface area contributed by atoms with Crippen LogP contribution in [-0.2, 0) is 0 Å². The van der Waals surface area contributed by atoms with Gasteiger partial charge in [0.25, 0.3) is 5.56 Å². The molecule has 0 saturated heterocycles. The Balaban J connectivity index is 1.90. The topological polar surface area (TPSA) is 78.0 Å². The minimum Gasteiger partial charge on any atom is -0.393 e. The molecule has 0 bridgehead atoms. The zero-order valence-corrected chi connectivity index (χ0v) is 8.66. The lowest BCUT2D eigenvalue weighted by molar-refractivity contribution is 0.0486. The fourth-order valence-corrected chi connectivity index (χ4v) is 1.79. The van der Waals surface area contributed by atoms with Gasteiger partial charge < -0.3 is 15.4 Å². The van der Waals surface area contributed by atoms with E-state index in [1.807, 2.05) is 0 Å². The molecule has 2 rings (SSSR count). The first-order chi connectivity index (χ1) is 7.13. The van der Waals surface area contributed by atoms with Crippen molar-refractivity contribution in [2.75, 3.05) is 11.9 Å². The van der Waals surface area contributed by atoms with Crippen LogP contribution in [0.15, 0.2) is 10.9 Å². The Labute approximate surface area is 87.6 Å². The van der Waals surface area contributed by atoms with Crippen molar-refractivity contribution in [3.63, 3.8) is 0 Å². The molecule has 1 aromatic heterocycles. The summed E-state index contributed by atoms with van der Waals surface area (Å²) in [5.74, 6) is 1.72. The number of aryl methyl sites for hydroxylation is 1. The van der Waals surface area contributed by atoms with Crippen LogP contribution in [0.5, 0.6) is 0 Å². The SMILES string of the molecule is Cc1nc(NCC2CC(O)C2)cc(=O)[nH]1. The average molecular weight is 209 g/mol. The lowest BCUT2D eigenvalue weighted by Crippen LogP contribution is -2.33. The summed E-state index contributed by atoms with van der Waals surface area (Å²) in [5.41, 5.74) is -0.140. The number of aliphatic hydroxyl groups is 1. The van der Waals surface area contributed by atoms with Crippen molar-refractivity contribution in [1.29, 1.82) is 0 Å². The van der Waals surface area contributed by atoms with Crippen LogP contribution in [-0.4, -0.2) is 27.7 Å². The average Bonchev–Trinajstić information content (AvgIpc) is 2.09. The first-order valence-electron chi connectivity index (χ1n) is 5.13. The zero-order chi connectivity index (χ0) is 10.8. The van der Waals surface area contributed by atoms with Crippen molar-refractivity contribution in [1.82, 2.24) is 9.97 Å². The number of aromatic amines is 1. The van der Waals surface area contributed by atoms with E-state index in [0.29, 0.717) is 17.6 Å². The van der Waals surface area contributed by atoms with Gasteiger partial charge in [0.05, 0.1) is 6.10 Å². The summed E-state index contributed by atoms with van der Waals surface area (Å²) < 4.78 is 0. The van der Waals surface area contributed by atoms with Crippen molar-refractivity contribution in [2.24, 2.45) is 5.92 Å². The molecule has 1 aliphatic rings. The first-order valence-corrected chi connectivity index (χ1v) is 5.13. The van der Waals surface area contributed by atoms with Gasteiger partial charge in [-0.1, -0.05) is 0 Å². The molecule has 15 heavy (non-hydrogen) atoms. The van der Waals surface area contributed by atoms with E-state index < -0.39 is 0 Å². The maximum Gasteiger partial charge on any atom is 0.252 e. The molecule has 0 atom stereocenters. The second-order valence-electron chi connectivity index (χ2n) is 4.09. The van der Waals surface area contributed by atoms with Gasteiger partial charge in [-0.3, -0.25) is 4.79 Å². The third-order valence-electron chi connectivity index (χ3n) is 2.64. The summed E-state index contributed by atoms with van der Waals surface area (Å²) in [6.07, 6.45) is 1.55. The molecule has 0 aromatic carbocycles. The van der Waals surface area contributed by atoms with E-state index in [9.17, 15) is 4.79 Å². The van der Waals surface area contributed by atoms with Gasteiger partial charge in [0.2, 0.25) is 0 Å². The third kappa shape index (κ3) is 2.56. The van der Waals surface area contributed by atoms with E-state index in [1.54, 1.807) is 6.92 Å². The van der Waals surface area contributed by atoms with Crippen LogP contribution in [0.25, 0.3) is 0 Å². The van der Waals surface area contributed by atoms with E-state index in [2.05, 4.69) is 15.3 Å². The summed E-state index contributed by atoms with van der Waals surface area (Å²) in [5, 5.41) is 12.2. The van der Waals surface area contributed by atoms with Gasteiger partial charge in [-0.25, -0.2) is 4.98 Å². The largest absolute Gasteiger partial charge is 0.393 e. The van der Waals surface area contributed by atoms with Crippen molar-refractivity contribution >= 4 is 5.82 Å². The second kappa shape index (κ2) is 4.02.